The van der Waals surface area contributed by atoms with Crippen molar-refractivity contribution < 1.29 is 4.74 Å². The number of nitrogens with two attached hydrogens (primary N) is 1. The van der Waals surface area contributed by atoms with Gasteiger partial charge in [-0.1, -0.05) is 78.9 Å². The van der Waals surface area contributed by atoms with Gasteiger partial charge in [0.15, 0.2) is 0 Å². The number of hydrogen-bond acceptors (Lipinski definition) is 2. The van der Waals surface area contributed by atoms with Crippen LogP contribution < -0.4 is 10.5 Å². The summed E-state index contributed by atoms with van der Waals surface area (Å²) in [4.78, 5) is 0. The van der Waals surface area contributed by atoms with Crippen LogP contribution in [0.1, 0.15) is 22.3 Å². The molecule has 130 valence electrons. The normalized spacial score (nSPS) is 13.9. The van der Waals surface area contributed by atoms with Crippen molar-refractivity contribution in [3.8, 4) is 11.5 Å². The average molecular weight is 349 g/mol. The van der Waals surface area contributed by atoms with Crippen molar-refractivity contribution in [1.82, 2.24) is 0 Å². The van der Waals surface area contributed by atoms with E-state index in [9.17, 15) is 0 Å². The first kappa shape index (κ1) is 15.7. The smallest absolute Gasteiger partial charge is 0.132 e. The van der Waals surface area contributed by atoms with Gasteiger partial charge in [0, 0.05) is 16.8 Å². The zero-order valence-corrected chi connectivity index (χ0v) is 14.8. The lowest BCUT2D eigenvalue weighted by atomic mass is 9.63. The van der Waals surface area contributed by atoms with Crippen LogP contribution in [0.3, 0.4) is 0 Å². The molecule has 27 heavy (non-hydrogen) atoms. The van der Waals surface area contributed by atoms with Crippen LogP contribution in [0.4, 0.5) is 5.69 Å². The molecule has 2 heteroatoms. The molecule has 0 fully saturated rings. The first-order chi connectivity index (χ1) is 13.3. The van der Waals surface area contributed by atoms with Crippen LogP contribution in [0.2, 0.25) is 0 Å². The van der Waals surface area contributed by atoms with Gasteiger partial charge in [-0.3, -0.25) is 0 Å². The number of para-hydroxylation sites is 2. The molecule has 0 amide bonds. The summed E-state index contributed by atoms with van der Waals surface area (Å²) in [6, 6.07) is 35.4. The molecule has 0 radical (unpaired) electrons. The molecular weight excluding hydrogens is 330 g/mol. The van der Waals surface area contributed by atoms with Gasteiger partial charge >= 0.3 is 0 Å². The van der Waals surface area contributed by atoms with Crippen LogP contribution in [0, 0.1) is 0 Å². The van der Waals surface area contributed by atoms with Gasteiger partial charge in [0.25, 0.3) is 0 Å². The van der Waals surface area contributed by atoms with Crippen LogP contribution in [-0.2, 0) is 5.41 Å². The minimum absolute atomic E-state index is 0.458. The molecule has 4 aromatic carbocycles. The monoisotopic (exact) mass is 349 g/mol. The van der Waals surface area contributed by atoms with Crippen molar-refractivity contribution in [1.29, 1.82) is 0 Å². The topological polar surface area (TPSA) is 35.2 Å². The van der Waals surface area contributed by atoms with Crippen LogP contribution in [0.5, 0.6) is 11.5 Å². The maximum Gasteiger partial charge on any atom is 0.132 e. The van der Waals surface area contributed by atoms with Crippen molar-refractivity contribution in [3.63, 3.8) is 0 Å². The van der Waals surface area contributed by atoms with Crippen LogP contribution in [0.25, 0.3) is 0 Å². The number of fused-ring (bicyclic) bond motifs is 2. The molecule has 2 nitrogen and oxygen atoms in total. The Balaban J connectivity index is 1.95. The van der Waals surface area contributed by atoms with E-state index >= 15 is 0 Å². The second-order valence-electron chi connectivity index (χ2n) is 6.83. The van der Waals surface area contributed by atoms with Crippen molar-refractivity contribution in [3.05, 3.63) is 125 Å². The molecule has 0 aromatic heterocycles. The summed E-state index contributed by atoms with van der Waals surface area (Å²) < 4.78 is 6.27. The van der Waals surface area contributed by atoms with Gasteiger partial charge < -0.3 is 10.5 Å². The van der Waals surface area contributed by atoms with Gasteiger partial charge in [-0.05, 0) is 35.4 Å². The number of rotatable bonds is 2. The second-order valence-corrected chi connectivity index (χ2v) is 6.83. The zero-order chi connectivity index (χ0) is 18.3. The van der Waals surface area contributed by atoms with Gasteiger partial charge in [-0.25, -0.2) is 0 Å². The Hall–Kier alpha value is -3.52. The van der Waals surface area contributed by atoms with E-state index in [1.165, 1.54) is 11.1 Å². The van der Waals surface area contributed by atoms with E-state index in [2.05, 4.69) is 66.7 Å². The van der Waals surface area contributed by atoms with Crippen molar-refractivity contribution in [2.24, 2.45) is 0 Å². The van der Waals surface area contributed by atoms with E-state index < -0.39 is 5.41 Å². The van der Waals surface area contributed by atoms with E-state index in [1.54, 1.807) is 0 Å². The molecule has 5 rings (SSSR count). The van der Waals surface area contributed by atoms with Gasteiger partial charge in [-0.15, -0.1) is 0 Å². The van der Waals surface area contributed by atoms with Crippen LogP contribution in [-0.4, -0.2) is 0 Å². The summed E-state index contributed by atoms with van der Waals surface area (Å²) >= 11 is 0. The minimum Gasteiger partial charge on any atom is -0.457 e. The summed E-state index contributed by atoms with van der Waals surface area (Å²) in [5, 5.41) is 0. The van der Waals surface area contributed by atoms with Crippen molar-refractivity contribution >= 4 is 5.69 Å². The molecular formula is C25H19NO. The highest BCUT2D eigenvalue weighted by atomic mass is 16.5. The molecule has 0 saturated heterocycles. The van der Waals surface area contributed by atoms with E-state index in [1.807, 2.05) is 36.4 Å². The lowest BCUT2D eigenvalue weighted by Gasteiger charge is -2.41. The summed E-state index contributed by atoms with van der Waals surface area (Å²) in [7, 11) is 0. The second kappa shape index (κ2) is 6.03. The van der Waals surface area contributed by atoms with E-state index in [-0.39, 0.29) is 0 Å². The van der Waals surface area contributed by atoms with Crippen molar-refractivity contribution in [2.45, 2.75) is 5.41 Å². The number of benzene rings is 4. The average Bonchev–Trinajstić information content (AvgIpc) is 2.73. The largest absolute Gasteiger partial charge is 0.457 e. The molecule has 0 atom stereocenters. The van der Waals surface area contributed by atoms with Gasteiger partial charge in [0.05, 0.1) is 5.41 Å². The minimum atomic E-state index is -0.458. The van der Waals surface area contributed by atoms with Gasteiger partial charge in [0.2, 0.25) is 0 Å². The Morgan fingerprint density at radius 2 is 1.00 bits per heavy atom. The molecule has 4 aromatic rings. The first-order valence-electron chi connectivity index (χ1n) is 9.08. The quantitative estimate of drug-likeness (QED) is 0.411. The predicted octanol–water partition coefficient (Wildman–Crippen LogP) is 5.76. The van der Waals surface area contributed by atoms with Crippen molar-refractivity contribution in [2.75, 3.05) is 5.73 Å². The van der Waals surface area contributed by atoms with Gasteiger partial charge in [-0.2, -0.15) is 0 Å². The highest BCUT2D eigenvalue weighted by molar-refractivity contribution is 5.69. The number of ether oxygens (including phenoxy) is 1. The fourth-order valence-corrected chi connectivity index (χ4v) is 4.20. The Kier molecular flexibility index (Phi) is 3.51. The summed E-state index contributed by atoms with van der Waals surface area (Å²) in [5.74, 6) is 1.77. The molecule has 0 aliphatic carbocycles. The predicted molar refractivity (Wildman–Crippen MR) is 109 cm³/mol. The highest BCUT2D eigenvalue weighted by Crippen LogP contribution is 2.54. The molecule has 0 bridgehead atoms. The molecule has 0 saturated carbocycles. The standard InChI is InChI=1S/C25H19NO/c26-20-16-14-19(15-17-20)25(18-8-2-1-3-9-18)21-10-4-6-12-23(21)27-24-13-7-5-11-22(24)25/h1-17H,26H2. The third kappa shape index (κ3) is 2.27. The Morgan fingerprint density at radius 3 is 1.59 bits per heavy atom. The third-order valence-electron chi connectivity index (χ3n) is 5.35. The lowest BCUT2D eigenvalue weighted by molar-refractivity contribution is 0.434. The maximum atomic E-state index is 6.27. The van der Waals surface area contributed by atoms with E-state index in [4.69, 9.17) is 10.5 Å². The van der Waals surface area contributed by atoms with Crippen LogP contribution >= 0.6 is 0 Å². The molecule has 1 heterocycles. The number of nitrogen functional groups attached to an aromatic ring is 1. The fourth-order valence-electron chi connectivity index (χ4n) is 4.20. The summed E-state index contributed by atoms with van der Waals surface area (Å²) in [6.07, 6.45) is 0. The maximum absolute atomic E-state index is 6.27. The number of hydrogen-bond donors (Lipinski definition) is 1. The zero-order valence-electron chi connectivity index (χ0n) is 14.8. The number of anilines is 1. The van der Waals surface area contributed by atoms with Gasteiger partial charge in [0.1, 0.15) is 11.5 Å². The summed E-state index contributed by atoms with van der Waals surface area (Å²) in [6.45, 7) is 0. The molecule has 0 unspecified atom stereocenters. The first-order valence-corrected chi connectivity index (χ1v) is 9.08. The summed E-state index contributed by atoms with van der Waals surface area (Å²) in [5.41, 5.74) is 11.0. The highest BCUT2D eigenvalue weighted by Gasteiger charge is 2.44. The SMILES string of the molecule is Nc1ccc(C2(c3ccccc3)c3ccccc3Oc3ccccc32)cc1. The molecule has 1 aliphatic heterocycles. The Morgan fingerprint density at radius 1 is 0.519 bits per heavy atom. The molecule has 1 aliphatic rings. The Labute approximate surface area is 158 Å². The van der Waals surface area contributed by atoms with E-state index in [0.717, 1.165) is 28.3 Å². The molecule has 2 N–H and O–H groups in total. The molecule has 0 spiro atoms. The van der Waals surface area contributed by atoms with E-state index in [0.29, 0.717) is 0 Å². The lowest BCUT2D eigenvalue weighted by Crippen LogP contribution is -2.34. The fraction of sp³-hybridized carbons (Fsp3) is 0.0400. The third-order valence-corrected chi connectivity index (χ3v) is 5.35. The van der Waals surface area contributed by atoms with Crippen LogP contribution in [0.15, 0.2) is 103 Å². The Bertz CT molecular complexity index is 1050.